The molecule has 4 aromatic heterocycles. The minimum Gasteiger partial charge on any atom is -0.388 e. The zero-order chi connectivity index (χ0) is 43.9. The molecular formula is C47H49FN10O5. The van der Waals surface area contributed by atoms with E-state index in [1.54, 1.807) is 67.1 Å². The Hall–Kier alpha value is -6.81. The quantitative estimate of drug-likeness (QED) is 0.125. The van der Waals surface area contributed by atoms with Crippen molar-refractivity contribution in [2.75, 3.05) is 25.5 Å². The Kier molecular flexibility index (Phi) is 9.73. The summed E-state index contributed by atoms with van der Waals surface area (Å²) < 4.78 is 32.8. The maximum atomic E-state index is 15.3. The van der Waals surface area contributed by atoms with Crippen molar-refractivity contribution in [2.24, 2.45) is 5.92 Å². The van der Waals surface area contributed by atoms with Crippen LogP contribution in [0.25, 0.3) is 28.1 Å². The number of benzene rings is 3. The zero-order valence-corrected chi connectivity index (χ0v) is 35.9. The van der Waals surface area contributed by atoms with Gasteiger partial charge in [0, 0.05) is 72.9 Å². The average Bonchev–Trinajstić information content (AvgIpc) is 3.78. The van der Waals surface area contributed by atoms with Gasteiger partial charge in [-0.1, -0.05) is 25.1 Å². The lowest BCUT2D eigenvalue weighted by Gasteiger charge is -2.29. The van der Waals surface area contributed by atoms with E-state index in [4.69, 9.17) is 19.8 Å². The Morgan fingerprint density at radius 1 is 1.06 bits per heavy atom. The summed E-state index contributed by atoms with van der Waals surface area (Å²) in [7, 11) is 1.77. The largest absolute Gasteiger partial charge is 0.438 e. The molecule has 1 aliphatic carbocycles. The molecule has 3 N–H and O–H groups in total. The van der Waals surface area contributed by atoms with Gasteiger partial charge in [0.05, 0.1) is 29.7 Å². The first-order chi connectivity index (χ1) is 30.4. The van der Waals surface area contributed by atoms with E-state index in [0.717, 1.165) is 41.5 Å². The Labute approximate surface area is 361 Å². The summed E-state index contributed by atoms with van der Waals surface area (Å²) in [4.78, 5) is 46.8. The number of nitrogens with one attached hydrogen (secondary N) is 3. The summed E-state index contributed by atoms with van der Waals surface area (Å²) in [6.45, 7) is 8.80. The highest BCUT2D eigenvalue weighted by Crippen LogP contribution is 2.56. The molecule has 1 saturated carbocycles. The van der Waals surface area contributed by atoms with Crippen LogP contribution in [0.5, 0.6) is 0 Å². The van der Waals surface area contributed by atoms with Crippen molar-refractivity contribution in [3.8, 4) is 17.2 Å². The first-order valence-electron chi connectivity index (χ1n) is 21.6. The lowest BCUT2D eigenvalue weighted by Crippen LogP contribution is -2.39. The molecule has 0 unspecified atom stereocenters. The number of amides is 1. The molecule has 7 aromatic rings. The third-order valence-corrected chi connectivity index (χ3v) is 13.6. The molecule has 3 aliphatic rings. The number of ether oxygens (including phenoxy) is 1. The standard InChI is InChI=1S/C47H49FN10O5/c1-6-35-21-30(12-16-62-35)29-7-10-39-31(19-29)22-40(57(39)47(23-28(47)4)44-51-45(60)63-53-44)43(59)54-13-11-38-36(25-54)42(58(52-38)34-17-26(2)41(48)27(3)18-34)56-15-14-55(46(56)61)33-8-9-37(50-5)32(20-33)24-49/h7-10,14-15,17-20,22,24,28,30,35,49-50H,6,11-13,16,21,23,25H2,1-5H3,(H,51,53,60)/t28-,30-,35-,47-/m0/s1. The van der Waals surface area contributed by atoms with Crippen molar-refractivity contribution < 1.29 is 18.4 Å². The number of carbonyl (C=O) groups excluding carboxylic acids is 1. The van der Waals surface area contributed by atoms with Crippen LogP contribution in [0, 0.1) is 31.0 Å². The molecule has 0 radical (unpaired) electrons. The van der Waals surface area contributed by atoms with Gasteiger partial charge in [0.1, 0.15) is 22.9 Å². The van der Waals surface area contributed by atoms with Crippen molar-refractivity contribution >= 4 is 28.7 Å². The van der Waals surface area contributed by atoms with Crippen LogP contribution in [0.3, 0.4) is 0 Å². The second-order valence-corrected chi connectivity index (χ2v) is 17.3. The van der Waals surface area contributed by atoms with Crippen LogP contribution < -0.4 is 16.8 Å². The molecule has 2 fully saturated rings. The number of halogens is 1. The van der Waals surface area contributed by atoms with Crippen molar-refractivity contribution in [3.05, 3.63) is 139 Å². The fraction of sp³-hybridized carbons (Fsp3) is 0.362. The summed E-state index contributed by atoms with van der Waals surface area (Å²) in [5.74, 6) is -0.0317. The van der Waals surface area contributed by atoms with Gasteiger partial charge in [-0.15, -0.1) is 0 Å². The predicted molar refractivity (Wildman–Crippen MR) is 236 cm³/mol. The van der Waals surface area contributed by atoms with Crippen LogP contribution in [0.1, 0.15) is 95.3 Å². The number of nitrogens with zero attached hydrogens (tertiary/aromatic N) is 7. The van der Waals surface area contributed by atoms with E-state index >= 15 is 9.18 Å². The fourth-order valence-electron chi connectivity index (χ4n) is 10.1. The van der Waals surface area contributed by atoms with Crippen LogP contribution in [-0.2, 0) is 23.2 Å². The molecule has 15 nitrogen and oxygen atoms in total. The number of anilines is 1. The number of hydrogen-bond acceptors (Lipinski definition) is 9. The summed E-state index contributed by atoms with van der Waals surface area (Å²) in [6.07, 6.45) is 8.60. The second-order valence-electron chi connectivity index (χ2n) is 17.3. The molecule has 0 bridgehead atoms. The molecule has 6 heterocycles. The van der Waals surface area contributed by atoms with Gasteiger partial charge in [0.25, 0.3) is 5.91 Å². The number of imidazole rings is 1. The zero-order valence-electron chi connectivity index (χ0n) is 35.9. The number of H-pyrrole nitrogens is 1. The van der Waals surface area contributed by atoms with E-state index in [-0.39, 0.29) is 36.0 Å². The molecule has 10 rings (SSSR count). The van der Waals surface area contributed by atoms with Gasteiger partial charge in [-0.25, -0.2) is 18.7 Å². The summed E-state index contributed by atoms with van der Waals surface area (Å²) >= 11 is 0. The smallest absolute Gasteiger partial charge is 0.388 e. The van der Waals surface area contributed by atoms with Gasteiger partial charge in [0.2, 0.25) is 0 Å². The van der Waals surface area contributed by atoms with Crippen LogP contribution in [0.4, 0.5) is 10.1 Å². The summed E-state index contributed by atoms with van der Waals surface area (Å²) in [5, 5.41) is 21.2. The Morgan fingerprint density at radius 3 is 2.54 bits per heavy atom. The van der Waals surface area contributed by atoms with E-state index in [1.807, 2.05) is 16.7 Å². The highest BCUT2D eigenvalue weighted by molar-refractivity contribution is 5.99. The van der Waals surface area contributed by atoms with Crippen LogP contribution >= 0.6 is 0 Å². The van der Waals surface area contributed by atoms with Crippen molar-refractivity contribution in [3.63, 3.8) is 0 Å². The Balaban J connectivity index is 1.09. The van der Waals surface area contributed by atoms with E-state index in [2.05, 4.69) is 47.5 Å². The molecule has 3 aromatic carbocycles. The highest BCUT2D eigenvalue weighted by Gasteiger charge is 2.59. The van der Waals surface area contributed by atoms with Gasteiger partial charge < -0.3 is 24.9 Å². The van der Waals surface area contributed by atoms with E-state index in [1.165, 1.54) is 20.9 Å². The molecular weight excluding hydrogens is 804 g/mol. The van der Waals surface area contributed by atoms with Crippen molar-refractivity contribution in [1.82, 2.24) is 38.5 Å². The SMILES string of the molecule is CC[C@H]1C[C@@H](c2ccc3c(c2)cc(C(=O)N2CCc4nn(-c5cc(C)c(F)c(C)c5)c(-n5ccn(-c6ccc(NC)c(C=N)c6)c5=O)c4C2)n3[C@@]2(c3noc(=O)[nH]3)C[C@@H]2C)CCO1. The Morgan fingerprint density at radius 2 is 1.84 bits per heavy atom. The van der Waals surface area contributed by atoms with Crippen LogP contribution in [-0.4, -0.2) is 76.9 Å². The summed E-state index contributed by atoms with van der Waals surface area (Å²) in [5.41, 5.74) is 6.08. The van der Waals surface area contributed by atoms with Gasteiger partial charge in [-0.3, -0.25) is 23.4 Å². The number of aryl methyl sites for hydroxylation is 2. The lowest BCUT2D eigenvalue weighted by molar-refractivity contribution is 0.00486. The molecule has 1 saturated heterocycles. The number of rotatable bonds is 10. The first-order valence-corrected chi connectivity index (χ1v) is 21.6. The van der Waals surface area contributed by atoms with Gasteiger partial charge in [-0.05, 0) is 117 Å². The summed E-state index contributed by atoms with van der Waals surface area (Å²) in [6, 6.07) is 17.2. The molecule has 2 aliphatic heterocycles. The number of aromatic nitrogens is 7. The normalized spacial score (nSPS) is 20.9. The van der Waals surface area contributed by atoms with Gasteiger partial charge in [-0.2, -0.15) is 5.10 Å². The van der Waals surface area contributed by atoms with Crippen LogP contribution in [0.2, 0.25) is 0 Å². The second kappa shape index (κ2) is 15.2. The number of fused-ring (bicyclic) bond motifs is 2. The highest BCUT2D eigenvalue weighted by atomic mass is 19.1. The topological polar surface area (TPSA) is 174 Å². The van der Waals surface area contributed by atoms with Crippen molar-refractivity contribution in [2.45, 2.75) is 83.9 Å². The van der Waals surface area contributed by atoms with Crippen molar-refractivity contribution in [1.29, 1.82) is 5.41 Å². The third-order valence-electron chi connectivity index (χ3n) is 13.6. The van der Waals surface area contributed by atoms with E-state index in [9.17, 15) is 9.59 Å². The minimum absolute atomic E-state index is 0.0294. The maximum absolute atomic E-state index is 15.3. The van der Waals surface area contributed by atoms with Crippen LogP contribution in [0.15, 0.2) is 81.1 Å². The predicted octanol–water partition coefficient (Wildman–Crippen LogP) is 6.89. The number of carbonyl (C=O) groups is 1. The molecule has 16 heteroatoms. The maximum Gasteiger partial charge on any atom is 0.438 e. The molecule has 324 valence electrons. The first kappa shape index (κ1) is 40.3. The van der Waals surface area contributed by atoms with E-state index in [0.29, 0.717) is 82.9 Å². The Bertz CT molecular complexity index is 3070. The molecule has 63 heavy (non-hydrogen) atoms. The average molecular weight is 853 g/mol. The minimum atomic E-state index is -0.819. The monoisotopic (exact) mass is 852 g/mol. The molecule has 0 spiro atoms. The number of aromatic amines is 1. The molecule has 4 atom stereocenters. The molecule has 1 amide bonds. The van der Waals surface area contributed by atoms with Gasteiger partial charge >= 0.3 is 11.4 Å². The number of hydrogen-bond donors (Lipinski definition) is 3. The lowest BCUT2D eigenvalue weighted by atomic mass is 9.87. The van der Waals surface area contributed by atoms with Gasteiger partial charge in [0.15, 0.2) is 5.82 Å². The van der Waals surface area contributed by atoms with E-state index < -0.39 is 11.3 Å². The fourth-order valence-corrected chi connectivity index (χ4v) is 10.1. The third kappa shape index (κ3) is 6.48.